The van der Waals surface area contributed by atoms with Crippen molar-refractivity contribution in [3.8, 4) is 0 Å². The van der Waals surface area contributed by atoms with Crippen molar-refractivity contribution >= 4 is 34.0 Å². The maximum Gasteiger partial charge on any atom is 0.247 e. The smallest absolute Gasteiger partial charge is 0.247 e. The molecule has 114 valence electrons. The molecule has 2 aromatic carbocycles. The molecule has 6 heteroatoms. The molecule has 0 radical (unpaired) electrons. The Morgan fingerprint density at radius 2 is 2.00 bits per heavy atom. The summed E-state index contributed by atoms with van der Waals surface area (Å²) in [5.41, 5.74) is 1.57. The van der Waals surface area contributed by atoms with Gasteiger partial charge >= 0.3 is 0 Å². The van der Waals surface area contributed by atoms with Gasteiger partial charge in [-0.3, -0.25) is 4.79 Å². The molecule has 0 atom stereocenters. The molecule has 0 aliphatic carbocycles. The minimum atomic E-state index is -0.379. The van der Waals surface area contributed by atoms with Crippen LogP contribution in [0.4, 0.5) is 21.6 Å². The van der Waals surface area contributed by atoms with Gasteiger partial charge in [-0.1, -0.05) is 18.7 Å². The van der Waals surface area contributed by atoms with E-state index in [1.54, 1.807) is 36.4 Å². The van der Waals surface area contributed by atoms with Gasteiger partial charge in [0, 0.05) is 11.1 Å². The summed E-state index contributed by atoms with van der Waals surface area (Å²) in [6.45, 7) is 3.41. The maximum atomic E-state index is 13.8. The van der Waals surface area contributed by atoms with Gasteiger partial charge in [-0.15, -0.1) is 0 Å². The second-order valence-corrected chi connectivity index (χ2v) is 4.75. The van der Waals surface area contributed by atoms with E-state index >= 15 is 0 Å². The minimum Gasteiger partial charge on any atom is -0.337 e. The second kappa shape index (κ2) is 6.23. The van der Waals surface area contributed by atoms with Gasteiger partial charge in [0.15, 0.2) is 0 Å². The molecule has 5 nitrogen and oxygen atoms in total. The summed E-state index contributed by atoms with van der Waals surface area (Å²) in [5, 5.41) is 6.29. The lowest BCUT2D eigenvalue weighted by molar-refractivity contribution is -0.111. The van der Waals surface area contributed by atoms with E-state index in [0.29, 0.717) is 28.1 Å². The normalized spacial score (nSPS) is 10.3. The Balaban J connectivity index is 2.02. The van der Waals surface area contributed by atoms with Crippen LogP contribution in [0.2, 0.25) is 0 Å². The second-order valence-electron chi connectivity index (χ2n) is 4.75. The number of benzene rings is 2. The lowest BCUT2D eigenvalue weighted by atomic mass is 10.2. The number of carbonyl (C=O) groups excluding carboxylic acids is 1. The summed E-state index contributed by atoms with van der Waals surface area (Å²) in [5.74, 6) is -0.241. The van der Waals surface area contributed by atoms with E-state index in [-0.39, 0.29) is 11.7 Å². The Morgan fingerprint density at radius 3 is 2.78 bits per heavy atom. The Kier molecular flexibility index (Phi) is 3.97. The number of aromatic nitrogens is 2. The molecule has 1 heterocycles. The molecule has 0 unspecified atom stereocenters. The van der Waals surface area contributed by atoms with Crippen LogP contribution < -0.4 is 10.6 Å². The highest BCUT2D eigenvalue weighted by Gasteiger charge is 2.08. The van der Waals surface area contributed by atoms with E-state index < -0.39 is 0 Å². The predicted molar refractivity (Wildman–Crippen MR) is 88.0 cm³/mol. The van der Waals surface area contributed by atoms with Gasteiger partial charge in [0.25, 0.3) is 0 Å². The highest BCUT2D eigenvalue weighted by Crippen LogP contribution is 2.26. The van der Waals surface area contributed by atoms with Gasteiger partial charge in [-0.05, 0) is 36.4 Å². The monoisotopic (exact) mass is 308 g/mol. The number of hydrogen-bond donors (Lipinski definition) is 2. The van der Waals surface area contributed by atoms with Gasteiger partial charge in [0.1, 0.15) is 18.0 Å². The molecule has 3 rings (SSSR count). The molecule has 1 aromatic heterocycles. The number of carbonyl (C=O) groups is 1. The van der Waals surface area contributed by atoms with E-state index in [4.69, 9.17) is 0 Å². The van der Waals surface area contributed by atoms with Crippen molar-refractivity contribution in [1.82, 2.24) is 9.97 Å². The van der Waals surface area contributed by atoms with E-state index in [2.05, 4.69) is 27.2 Å². The molecule has 23 heavy (non-hydrogen) atoms. The van der Waals surface area contributed by atoms with Crippen molar-refractivity contribution in [3.05, 3.63) is 67.3 Å². The topological polar surface area (TPSA) is 66.9 Å². The third-order valence-electron chi connectivity index (χ3n) is 3.22. The lowest BCUT2D eigenvalue weighted by Gasteiger charge is -2.10. The molecule has 2 N–H and O–H groups in total. The van der Waals surface area contributed by atoms with Crippen LogP contribution in [0.1, 0.15) is 0 Å². The summed E-state index contributed by atoms with van der Waals surface area (Å²) in [7, 11) is 0. The fraction of sp³-hybridized carbons (Fsp3) is 0. The molecule has 0 saturated heterocycles. The van der Waals surface area contributed by atoms with Crippen molar-refractivity contribution in [3.63, 3.8) is 0 Å². The molecule has 0 bridgehead atoms. The van der Waals surface area contributed by atoms with Crippen LogP contribution in [-0.4, -0.2) is 15.9 Å². The van der Waals surface area contributed by atoms with E-state index in [1.165, 1.54) is 18.5 Å². The fourth-order valence-corrected chi connectivity index (χ4v) is 2.12. The van der Waals surface area contributed by atoms with E-state index in [9.17, 15) is 9.18 Å². The minimum absolute atomic E-state index is 0.313. The van der Waals surface area contributed by atoms with Crippen LogP contribution in [0, 0.1) is 5.82 Å². The zero-order valence-corrected chi connectivity index (χ0v) is 12.1. The third-order valence-corrected chi connectivity index (χ3v) is 3.22. The number of hydrogen-bond acceptors (Lipinski definition) is 4. The number of halogens is 1. The standard InChI is InChI=1S/C17H13FN4O/c1-2-16(23)21-11-7-8-14-12(9-11)17(20-10-19-14)22-15-6-4-3-5-13(15)18/h2-10H,1H2,(H,21,23)(H,19,20,22). The Morgan fingerprint density at radius 1 is 1.17 bits per heavy atom. The zero-order chi connectivity index (χ0) is 16.2. The van der Waals surface area contributed by atoms with Crippen molar-refractivity contribution in [2.45, 2.75) is 0 Å². The SMILES string of the molecule is C=CC(=O)Nc1ccc2ncnc(Nc3ccccc3F)c2c1. The van der Waals surface area contributed by atoms with Gasteiger partial charge < -0.3 is 10.6 Å². The van der Waals surface area contributed by atoms with Crippen LogP contribution in [0.15, 0.2) is 61.4 Å². The first-order valence-electron chi connectivity index (χ1n) is 6.87. The lowest BCUT2D eigenvalue weighted by Crippen LogP contribution is -2.07. The molecule has 0 aliphatic rings. The predicted octanol–water partition coefficient (Wildman–Crippen LogP) is 3.64. The van der Waals surface area contributed by atoms with Crippen molar-refractivity contribution < 1.29 is 9.18 Å². The maximum absolute atomic E-state index is 13.8. The molecule has 0 saturated carbocycles. The first kappa shape index (κ1) is 14.6. The Labute approximate surface area is 131 Å². The van der Waals surface area contributed by atoms with Crippen molar-refractivity contribution in [1.29, 1.82) is 0 Å². The fourth-order valence-electron chi connectivity index (χ4n) is 2.12. The van der Waals surface area contributed by atoms with E-state index in [1.807, 2.05) is 0 Å². The number of fused-ring (bicyclic) bond motifs is 1. The summed E-state index contributed by atoms with van der Waals surface area (Å²) in [6, 6.07) is 11.5. The number of nitrogens with zero attached hydrogens (tertiary/aromatic N) is 2. The Hall–Kier alpha value is -3.28. The summed E-state index contributed by atoms with van der Waals surface area (Å²) in [4.78, 5) is 19.7. The van der Waals surface area contributed by atoms with Crippen LogP contribution in [0.5, 0.6) is 0 Å². The molecule has 3 aromatic rings. The highest BCUT2D eigenvalue weighted by molar-refractivity contribution is 6.01. The van der Waals surface area contributed by atoms with Crippen LogP contribution >= 0.6 is 0 Å². The Bertz CT molecular complexity index is 895. The largest absolute Gasteiger partial charge is 0.337 e. The molecule has 1 amide bonds. The number of anilines is 3. The molecule has 0 aliphatic heterocycles. The molecular weight excluding hydrogens is 295 g/mol. The quantitative estimate of drug-likeness (QED) is 0.722. The summed E-state index contributed by atoms with van der Waals surface area (Å²) < 4.78 is 13.8. The van der Waals surface area contributed by atoms with Crippen LogP contribution in [0.3, 0.4) is 0 Å². The van der Waals surface area contributed by atoms with Crippen LogP contribution in [-0.2, 0) is 4.79 Å². The average Bonchev–Trinajstić information content (AvgIpc) is 2.57. The van der Waals surface area contributed by atoms with Crippen molar-refractivity contribution in [2.75, 3.05) is 10.6 Å². The third kappa shape index (κ3) is 3.16. The number of amides is 1. The molecule has 0 fully saturated rings. The molecule has 0 spiro atoms. The molecular formula is C17H13FN4O. The van der Waals surface area contributed by atoms with Crippen LogP contribution in [0.25, 0.3) is 10.9 Å². The average molecular weight is 308 g/mol. The summed E-state index contributed by atoms with van der Waals surface area (Å²) in [6.07, 6.45) is 2.58. The van der Waals surface area contributed by atoms with Gasteiger partial charge in [0.05, 0.1) is 11.2 Å². The number of nitrogens with one attached hydrogen (secondary N) is 2. The zero-order valence-electron chi connectivity index (χ0n) is 12.1. The van der Waals surface area contributed by atoms with Gasteiger partial charge in [-0.25, -0.2) is 14.4 Å². The van der Waals surface area contributed by atoms with Gasteiger partial charge in [-0.2, -0.15) is 0 Å². The summed E-state index contributed by atoms with van der Waals surface area (Å²) >= 11 is 0. The van der Waals surface area contributed by atoms with E-state index in [0.717, 1.165) is 0 Å². The van der Waals surface area contributed by atoms with Crippen molar-refractivity contribution in [2.24, 2.45) is 0 Å². The number of para-hydroxylation sites is 1. The first-order chi connectivity index (χ1) is 11.2. The van der Waals surface area contributed by atoms with Gasteiger partial charge in [0.2, 0.25) is 5.91 Å². The number of rotatable bonds is 4. The first-order valence-corrected chi connectivity index (χ1v) is 6.87. The highest BCUT2D eigenvalue weighted by atomic mass is 19.1.